The van der Waals surface area contributed by atoms with Crippen LogP contribution in [0.2, 0.25) is 0 Å². The molecule has 0 spiro atoms. The van der Waals surface area contributed by atoms with Crippen molar-refractivity contribution >= 4 is 5.82 Å². The summed E-state index contributed by atoms with van der Waals surface area (Å²) in [5, 5.41) is 9.23. The first kappa shape index (κ1) is 15.8. The van der Waals surface area contributed by atoms with E-state index in [-0.39, 0.29) is 11.6 Å². The molecule has 0 radical (unpaired) electrons. The summed E-state index contributed by atoms with van der Waals surface area (Å²) in [4.78, 5) is 15.6. The molecule has 0 aliphatic heterocycles. The Bertz CT molecular complexity index is 803. The second-order valence-corrected chi connectivity index (χ2v) is 4.93. The highest BCUT2D eigenvalue weighted by atomic mass is 19.4. The monoisotopic (exact) mass is 335 g/mol. The summed E-state index contributed by atoms with van der Waals surface area (Å²) in [6, 6.07) is 3.53. The largest absolute Gasteiger partial charge is 0.433 e. The topological polar surface area (TPSA) is 92.3 Å². The fraction of sp³-hybridized carbons (Fsp3) is 0.214. The first-order chi connectivity index (χ1) is 11.4. The van der Waals surface area contributed by atoms with Gasteiger partial charge in [0.15, 0.2) is 11.5 Å². The first-order valence-electron chi connectivity index (χ1n) is 6.92. The van der Waals surface area contributed by atoms with Gasteiger partial charge in [0.05, 0.1) is 6.04 Å². The van der Waals surface area contributed by atoms with E-state index in [0.717, 1.165) is 6.07 Å². The van der Waals surface area contributed by atoms with Crippen LogP contribution in [0.4, 0.5) is 19.0 Å². The number of aromatic nitrogens is 6. The van der Waals surface area contributed by atoms with Crippen molar-refractivity contribution in [3.8, 4) is 11.4 Å². The molecule has 0 aliphatic rings. The zero-order chi connectivity index (χ0) is 17.2. The Morgan fingerprint density at radius 2 is 1.92 bits per heavy atom. The van der Waals surface area contributed by atoms with Gasteiger partial charge in [-0.2, -0.15) is 18.3 Å². The summed E-state index contributed by atoms with van der Waals surface area (Å²) < 4.78 is 39.3. The van der Waals surface area contributed by atoms with Gasteiger partial charge >= 0.3 is 6.18 Å². The smallest absolute Gasteiger partial charge is 0.360 e. The van der Waals surface area contributed by atoms with Crippen molar-refractivity contribution in [2.45, 2.75) is 19.1 Å². The molecule has 0 aromatic carbocycles. The van der Waals surface area contributed by atoms with Crippen molar-refractivity contribution in [3.63, 3.8) is 0 Å². The number of pyridine rings is 1. The number of nitrogens with zero attached hydrogens (tertiary/aromatic N) is 5. The van der Waals surface area contributed by atoms with Crippen LogP contribution in [0.5, 0.6) is 0 Å². The van der Waals surface area contributed by atoms with Gasteiger partial charge in [0, 0.05) is 24.0 Å². The summed E-state index contributed by atoms with van der Waals surface area (Å²) in [6.07, 6.45) is -0.347. The molecule has 0 saturated heterocycles. The molecule has 0 fully saturated rings. The molecular formula is C14H12F3N7. The van der Waals surface area contributed by atoms with Gasteiger partial charge in [-0.1, -0.05) is 0 Å². The minimum absolute atomic E-state index is 0.0352. The van der Waals surface area contributed by atoms with Crippen molar-refractivity contribution in [2.24, 2.45) is 0 Å². The normalized spacial score (nSPS) is 12.8. The maximum absolute atomic E-state index is 13.1. The van der Waals surface area contributed by atoms with Crippen LogP contribution >= 0.6 is 0 Å². The summed E-state index contributed by atoms with van der Waals surface area (Å²) in [6.45, 7) is 1.72. The number of hydrogen-bond donors (Lipinski definition) is 2. The van der Waals surface area contributed by atoms with Crippen LogP contribution in [0.15, 0.2) is 36.9 Å². The molecule has 124 valence electrons. The molecule has 3 aromatic heterocycles. The van der Waals surface area contributed by atoms with Gasteiger partial charge in [-0.25, -0.2) is 15.0 Å². The molecular weight excluding hydrogens is 323 g/mol. The number of anilines is 1. The molecule has 0 saturated carbocycles. The fourth-order valence-corrected chi connectivity index (χ4v) is 2.01. The quantitative estimate of drug-likeness (QED) is 0.762. The third-order valence-electron chi connectivity index (χ3n) is 3.16. The molecule has 3 rings (SSSR count). The lowest BCUT2D eigenvalue weighted by atomic mass is 10.2. The molecule has 0 bridgehead atoms. The Morgan fingerprint density at radius 3 is 2.54 bits per heavy atom. The maximum Gasteiger partial charge on any atom is 0.433 e. The fourth-order valence-electron chi connectivity index (χ4n) is 2.01. The molecule has 24 heavy (non-hydrogen) atoms. The summed E-state index contributed by atoms with van der Waals surface area (Å²) >= 11 is 0. The van der Waals surface area contributed by atoms with Crippen LogP contribution in [-0.2, 0) is 6.18 Å². The number of alkyl halides is 3. The minimum Gasteiger partial charge on any atom is -0.360 e. The van der Waals surface area contributed by atoms with Gasteiger partial charge in [-0.3, -0.25) is 10.1 Å². The van der Waals surface area contributed by atoms with Crippen LogP contribution in [0, 0.1) is 0 Å². The Hall–Kier alpha value is -3.04. The average Bonchev–Trinajstić information content (AvgIpc) is 3.09. The van der Waals surface area contributed by atoms with E-state index in [9.17, 15) is 13.2 Å². The molecule has 7 nitrogen and oxygen atoms in total. The molecule has 2 N–H and O–H groups in total. The lowest BCUT2D eigenvalue weighted by Crippen LogP contribution is -2.14. The highest BCUT2D eigenvalue weighted by Gasteiger charge is 2.34. The van der Waals surface area contributed by atoms with Crippen LogP contribution in [0.1, 0.15) is 24.5 Å². The lowest BCUT2D eigenvalue weighted by molar-refractivity contribution is -0.141. The first-order valence-corrected chi connectivity index (χ1v) is 6.92. The summed E-state index contributed by atoms with van der Waals surface area (Å²) in [5.41, 5.74) is -0.594. The predicted molar refractivity (Wildman–Crippen MR) is 78.7 cm³/mol. The van der Waals surface area contributed by atoms with E-state index in [0.29, 0.717) is 11.4 Å². The molecule has 1 unspecified atom stereocenters. The molecule has 1 atom stereocenters. The molecule has 10 heteroatoms. The van der Waals surface area contributed by atoms with Crippen LogP contribution < -0.4 is 5.32 Å². The number of halogens is 3. The molecule has 0 amide bonds. The van der Waals surface area contributed by atoms with Crippen molar-refractivity contribution < 1.29 is 13.2 Å². The highest BCUT2D eigenvalue weighted by Crippen LogP contribution is 2.31. The summed E-state index contributed by atoms with van der Waals surface area (Å²) in [7, 11) is 0. The van der Waals surface area contributed by atoms with E-state index >= 15 is 0 Å². The third-order valence-corrected chi connectivity index (χ3v) is 3.16. The van der Waals surface area contributed by atoms with E-state index in [1.807, 2.05) is 0 Å². The van der Waals surface area contributed by atoms with Crippen molar-refractivity contribution in [3.05, 3.63) is 48.4 Å². The Labute approximate surface area is 134 Å². The van der Waals surface area contributed by atoms with E-state index < -0.39 is 17.9 Å². The molecule has 3 heterocycles. The SMILES string of the molecule is CC(Nc1cc(C(F)(F)F)nc(-c2ccncc2)n1)c1ncn[nH]1. The highest BCUT2D eigenvalue weighted by molar-refractivity contribution is 5.57. The number of nitrogens with one attached hydrogen (secondary N) is 2. The van der Waals surface area contributed by atoms with Gasteiger partial charge in [-0.15, -0.1) is 0 Å². The van der Waals surface area contributed by atoms with Crippen molar-refractivity contribution in [1.29, 1.82) is 0 Å². The number of hydrogen-bond acceptors (Lipinski definition) is 6. The van der Waals surface area contributed by atoms with Gasteiger partial charge in [-0.05, 0) is 19.1 Å². The molecule has 0 aliphatic carbocycles. The second kappa shape index (κ2) is 6.22. The Kier molecular flexibility index (Phi) is 4.11. The standard InChI is InChI=1S/C14H12F3N7/c1-8(12-19-7-20-24-12)21-11-6-10(14(15,16)17)22-13(23-11)9-2-4-18-5-3-9/h2-8H,1H3,(H,19,20,24)(H,21,22,23). The Morgan fingerprint density at radius 1 is 1.17 bits per heavy atom. The van der Waals surface area contributed by atoms with E-state index in [2.05, 4.69) is 35.5 Å². The van der Waals surface area contributed by atoms with E-state index in [1.165, 1.54) is 18.7 Å². The minimum atomic E-state index is -4.59. The van der Waals surface area contributed by atoms with Gasteiger partial charge in [0.25, 0.3) is 0 Å². The van der Waals surface area contributed by atoms with E-state index in [4.69, 9.17) is 0 Å². The number of H-pyrrole nitrogens is 1. The van der Waals surface area contributed by atoms with Crippen LogP contribution in [-0.4, -0.2) is 30.1 Å². The third kappa shape index (κ3) is 3.47. The van der Waals surface area contributed by atoms with E-state index in [1.54, 1.807) is 19.1 Å². The average molecular weight is 335 g/mol. The predicted octanol–water partition coefficient (Wildman–Crippen LogP) is 2.85. The Balaban J connectivity index is 1.99. The zero-order valence-electron chi connectivity index (χ0n) is 12.4. The van der Waals surface area contributed by atoms with Crippen molar-refractivity contribution in [2.75, 3.05) is 5.32 Å². The summed E-state index contributed by atoms with van der Waals surface area (Å²) in [5.74, 6) is 0.472. The van der Waals surface area contributed by atoms with Crippen LogP contribution in [0.25, 0.3) is 11.4 Å². The molecule has 3 aromatic rings. The van der Waals surface area contributed by atoms with Crippen molar-refractivity contribution in [1.82, 2.24) is 30.1 Å². The lowest BCUT2D eigenvalue weighted by Gasteiger charge is -2.15. The van der Waals surface area contributed by atoms with Gasteiger partial charge < -0.3 is 5.32 Å². The zero-order valence-corrected chi connectivity index (χ0v) is 12.4. The van der Waals surface area contributed by atoms with Gasteiger partial charge in [0.2, 0.25) is 0 Å². The number of aromatic amines is 1. The number of rotatable bonds is 4. The maximum atomic E-state index is 13.1. The van der Waals surface area contributed by atoms with Gasteiger partial charge in [0.1, 0.15) is 18.0 Å². The van der Waals surface area contributed by atoms with Crippen LogP contribution in [0.3, 0.4) is 0 Å². The second-order valence-electron chi connectivity index (χ2n) is 4.93.